The Balaban J connectivity index is 1.49. The number of ether oxygens (including phenoxy) is 1. The number of methoxy groups -OCH3 is 1. The number of rotatable bonds is 5. The Morgan fingerprint density at radius 1 is 1.22 bits per heavy atom. The smallest absolute Gasteiger partial charge is 0.259 e. The molecular formula is C24H25N5O3. The zero-order valence-electron chi connectivity index (χ0n) is 18.1. The number of nitriles is 1. The van der Waals surface area contributed by atoms with Gasteiger partial charge in [-0.2, -0.15) is 10.4 Å². The van der Waals surface area contributed by atoms with Gasteiger partial charge in [0.25, 0.3) is 5.91 Å². The number of nitrogens with one attached hydrogen (secondary N) is 1. The number of anilines is 1. The molecule has 1 fully saturated rings. The van der Waals surface area contributed by atoms with E-state index in [0.717, 1.165) is 11.4 Å². The third kappa shape index (κ3) is 4.07. The highest BCUT2D eigenvalue weighted by Crippen LogP contribution is 2.38. The summed E-state index contributed by atoms with van der Waals surface area (Å²) in [7, 11) is 1.61. The summed E-state index contributed by atoms with van der Waals surface area (Å²) in [6, 6.07) is 13.4. The summed E-state index contributed by atoms with van der Waals surface area (Å²) >= 11 is 0. The minimum atomic E-state index is -0.683. The van der Waals surface area contributed by atoms with Crippen LogP contribution in [0.15, 0.2) is 48.8 Å². The zero-order chi connectivity index (χ0) is 22.7. The van der Waals surface area contributed by atoms with Crippen molar-refractivity contribution < 1.29 is 14.6 Å². The summed E-state index contributed by atoms with van der Waals surface area (Å²) in [5, 5.41) is 26.7. The van der Waals surface area contributed by atoms with Gasteiger partial charge in [-0.3, -0.25) is 9.78 Å². The number of amides is 1. The number of benzene rings is 1. The van der Waals surface area contributed by atoms with Crippen LogP contribution in [-0.4, -0.2) is 39.0 Å². The fourth-order valence-electron chi connectivity index (χ4n) is 4.09. The van der Waals surface area contributed by atoms with Gasteiger partial charge in [-0.05, 0) is 69.0 Å². The molecule has 0 radical (unpaired) electrons. The maximum Gasteiger partial charge on any atom is 0.259 e. The van der Waals surface area contributed by atoms with Gasteiger partial charge in [0.1, 0.15) is 5.75 Å². The van der Waals surface area contributed by atoms with E-state index in [9.17, 15) is 15.2 Å². The number of nitrogens with zero attached hydrogens (tertiary/aromatic N) is 4. The first-order chi connectivity index (χ1) is 15.5. The van der Waals surface area contributed by atoms with Crippen molar-refractivity contribution in [3.63, 3.8) is 0 Å². The van der Waals surface area contributed by atoms with Gasteiger partial charge in [0.05, 0.1) is 65.4 Å². The van der Waals surface area contributed by atoms with Gasteiger partial charge in [0, 0.05) is 0 Å². The lowest BCUT2D eigenvalue weighted by Crippen LogP contribution is -2.33. The van der Waals surface area contributed by atoms with E-state index in [1.54, 1.807) is 30.1 Å². The van der Waals surface area contributed by atoms with Crippen LogP contribution in [0.25, 0.3) is 5.69 Å². The highest BCUT2D eigenvalue weighted by molar-refractivity contribution is 6.04. The maximum absolute atomic E-state index is 12.8. The first kappa shape index (κ1) is 21.5. The van der Waals surface area contributed by atoms with Crippen LogP contribution in [0.4, 0.5) is 5.69 Å². The van der Waals surface area contributed by atoms with E-state index in [1.807, 2.05) is 31.2 Å². The summed E-state index contributed by atoms with van der Waals surface area (Å²) in [6.45, 7) is 1.83. The molecule has 1 aliphatic rings. The molecule has 1 saturated carbocycles. The molecule has 4 rings (SSSR count). The van der Waals surface area contributed by atoms with Crippen molar-refractivity contribution in [2.24, 2.45) is 0 Å². The number of hydrogen-bond donors (Lipinski definition) is 2. The number of aliphatic hydroxyl groups is 1. The molecule has 0 saturated heterocycles. The molecule has 2 heterocycles. The van der Waals surface area contributed by atoms with Crippen molar-refractivity contribution in [1.82, 2.24) is 14.8 Å². The van der Waals surface area contributed by atoms with Crippen LogP contribution in [0.3, 0.4) is 0 Å². The quantitative estimate of drug-likeness (QED) is 0.639. The molecule has 1 amide bonds. The first-order valence-corrected chi connectivity index (χ1v) is 10.5. The van der Waals surface area contributed by atoms with Crippen molar-refractivity contribution in [3.8, 4) is 17.5 Å². The molecule has 164 valence electrons. The molecule has 0 aliphatic heterocycles. The Morgan fingerprint density at radius 3 is 2.53 bits per heavy atom. The average Bonchev–Trinajstić information content (AvgIpc) is 3.22. The van der Waals surface area contributed by atoms with E-state index in [0.29, 0.717) is 48.3 Å². The Kier molecular flexibility index (Phi) is 5.93. The Labute approximate surface area is 186 Å². The van der Waals surface area contributed by atoms with E-state index in [2.05, 4.69) is 21.5 Å². The number of carbonyl (C=O) groups excluding carboxylic acids is 1. The Bertz CT molecular complexity index is 1140. The van der Waals surface area contributed by atoms with E-state index < -0.39 is 5.41 Å². The van der Waals surface area contributed by atoms with Crippen LogP contribution in [0.5, 0.6) is 5.75 Å². The molecule has 2 N–H and O–H groups in total. The SMILES string of the molecule is COc1ccc(-n2ncc(C(=O)Nc3ccc([C@]4(C#N)CC[C@@H](O)CC4)nc3)c2C)cc1. The molecule has 0 unspecified atom stereocenters. The van der Waals surface area contributed by atoms with Crippen LogP contribution in [0.2, 0.25) is 0 Å². The van der Waals surface area contributed by atoms with Gasteiger partial charge in [0.15, 0.2) is 0 Å². The predicted octanol–water partition coefficient (Wildman–Crippen LogP) is 3.53. The monoisotopic (exact) mass is 431 g/mol. The molecule has 1 aliphatic carbocycles. The molecule has 0 bridgehead atoms. The van der Waals surface area contributed by atoms with Crippen LogP contribution < -0.4 is 10.1 Å². The minimum Gasteiger partial charge on any atom is -0.497 e. The molecular weight excluding hydrogens is 406 g/mol. The predicted molar refractivity (Wildman–Crippen MR) is 119 cm³/mol. The van der Waals surface area contributed by atoms with Crippen LogP contribution >= 0.6 is 0 Å². The van der Waals surface area contributed by atoms with Gasteiger partial charge in [-0.15, -0.1) is 0 Å². The van der Waals surface area contributed by atoms with Gasteiger partial charge in [-0.1, -0.05) is 0 Å². The third-order valence-electron chi connectivity index (χ3n) is 6.11. The van der Waals surface area contributed by atoms with E-state index in [-0.39, 0.29) is 12.0 Å². The lowest BCUT2D eigenvalue weighted by Gasteiger charge is -2.32. The fraction of sp³-hybridized carbons (Fsp3) is 0.333. The van der Waals surface area contributed by atoms with Crippen molar-refractivity contribution in [2.45, 2.75) is 44.1 Å². The van der Waals surface area contributed by atoms with Gasteiger partial charge < -0.3 is 15.2 Å². The molecule has 3 aromatic rings. The van der Waals surface area contributed by atoms with Gasteiger partial charge in [0.2, 0.25) is 0 Å². The summed E-state index contributed by atoms with van der Waals surface area (Å²) < 4.78 is 6.88. The highest BCUT2D eigenvalue weighted by Gasteiger charge is 2.37. The van der Waals surface area contributed by atoms with Crippen molar-refractivity contribution in [2.75, 3.05) is 12.4 Å². The van der Waals surface area contributed by atoms with Crippen molar-refractivity contribution in [3.05, 3.63) is 65.7 Å². The number of aromatic nitrogens is 3. The third-order valence-corrected chi connectivity index (χ3v) is 6.11. The van der Waals surface area contributed by atoms with Crippen molar-refractivity contribution >= 4 is 11.6 Å². The largest absolute Gasteiger partial charge is 0.497 e. The van der Waals surface area contributed by atoms with Crippen LogP contribution in [0, 0.1) is 18.3 Å². The average molecular weight is 431 g/mol. The van der Waals surface area contributed by atoms with Gasteiger partial charge >= 0.3 is 0 Å². The number of carbonyl (C=O) groups is 1. The second-order valence-electron chi connectivity index (χ2n) is 8.06. The standard InChI is InChI=1S/C24H25N5O3/c1-16-21(14-27-29(16)18-4-6-20(32-2)7-5-18)23(31)28-17-3-8-22(26-13-17)24(15-25)11-9-19(30)10-12-24/h3-8,13-14,19,30H,9-12H2,1-2H3,(H,28,31)/t19-,24-. The Morgan fingerprint density at radius 2 is 1.94 bits per heavy atom. The summed E-state index contributed by atoms with van der Waals surface area (Å²) in [6.07, 6.45) is 5.09. The zero-order valence-corrected chi connectivity index (χ0v) is 18.1. The molecule has 0 spiro atoms. The molecule has 2 aromatic heterocycles. The fourth-order valence-corrected chi connectivity index (χ4v) is 4.09. The van der Waals surface area contributed by atoms with E-state index in [4.69, 9.17) is 4.74 Å². The number of aliphatic hydroxyl groups excluding tert-OH is 1. The highest BCUT2D eigenvalue weighted by atomic mass is 16.5. The first-order valence-electron chi connectivity index (χ1n) is 10.5. The van der Waals surface area contributed by atoms with Crippen LogP contribution in [0.1, 0.15) is 47.4 Å². The molecule has 8 nitrogen and oxygen atoms in total. The van der Waals surface area contributed by atoms with E-state index >= 15 is 0 Å². The molecule has 0 atom stereocenters. The summed E-state index contributed by atoms with van der Waals surface area (Å²) in [4.78, 5) is 17.3. The van der Waals surface area contributed by atoms with Crippen LogP contribution in [-0.2, 0) is 5.41 Å². The second kappa shape index (κ2) is 8.81. The summed E-state index contributed by atoms with van der Waals surface area (Å²) in [5.41, 5.74) is 2.53. The molecule has 1 aromatic carbocycles. The van der Waals surface area contributed by atoms with Gasteiger partial charge in [-0.25, -0.2) is 4.68 Å². The Hall–Kier alpha value is -3.70. The van der Waals surface area contributed by atoms with E-state index in [1.165, 1.54) is 6.20 Å². The molecule has 8 heteroatoms. The molecule has 32 heavy (non-hydrogen) atoms. The lowest BCUT2D eigenvalue weighted by molar-refractivity contribution is 0.102. The minimum absolute atomic E-state index is 0.285. The maximum atomic E-state index is 12.8. The summed E-state index contributed by atoms with van der Waals surface area (Å²) in [5.74, 6) is 0.461. The normalized spacial score (nSPS) is 20.4. The second-order valence-corrected chi connectivity index (χ2v) is 8.06. The van der Waals surface area contributed by atoms with Crippen molar-refractivity contribution in [1.29, 1.82) is 5.26 Å². The number of pyridine rings is 1. The number of hydrogen-bond acceptors (Lipinski definition) is 6. The topological polar surface area (TPSA) is 113 Å². The lowest BCUT2D eigenvalue weighted by atomic mass is 9.72.